The molecule has 1 fully saturated rings. The number of halogens is 2. The van der Waals surface area contributed by atoms with Crippen LogP contribution in [0.5, 0.6) is 0 Å². The molecule has 1 saturated carbocycles. The van der Waals surface area contributed by atoms with Crippen LogP contribution in [-0.4, -0.2) is 24.0 Å². The Morgan fingerprint density at radius 3 is 2.56 bits per heavy atom. The summed E-state index contributed by atoms with van der Waals surface area (Å²) in [6.07, 6.45) is 2.50. The summed E-state index contributed by atoms with van der Waals surface area (Å²) in [6.45, 7) is 1.75. The minimum Gasteiger partial charge on any atom is -0.357 e. The number of rotatable bonds is 2. The maximum Gasteiger partial charge on any atom is 0.166 e. The van der Waals surface area contributed by atoms with Gasteiger partial charge in [-0.15, -0.1) is 0 Å². The van der Waals surface area contributed by atoms with Gasteiger partial charge in [-0.25, -0.2) is 8.78 Å². The smallest absolute Gasteiger partial charge is 0.166 e. The van der Waals surface area contributed by atoms with Crippen LogP contribution in [-0.2, 0) is 0 Å². The molecule has 2 aliphatic heterocycles. The predicted molar refractivity (Wildman–Crippen MR) is 94.0 cm³/mol. The Bertz CT molecular complexity index is 902. The average Bonchev–Trinajstić information content (AvgIpc) is 3.37. The third-order valence-electron chi connectivity index (χ3n) is 5.51. The molecule has 5 rings (SSSR count). The molecule has 0 amide bonds. The lowest BCUT2D eigenvalue weighted by atomic mass is 9.89. The van der Waals surface area contributed by atoms with Crippen LogP contribution in [0.15, 0.2) is 47.7 Å². The monoisotopic (exact) mass is 339 g/mol. The van der Waals surface area contributed by atoms with E-state index in [0.717, 1.165) is 36.1 Å². The molecule has 0 saturated heterocycles. The summed E-state index contributed by atoms with van der Waals surface area (Å²) < 4.78 is 28.0. The number of anilines is 1. The van der Waals surface area contributed by atoms with Gasteiger partial charge in [0, 0.05) is 36.0 Å². The molecular formula is C20H19F2N3. The molecule has 0 radical (unpaired) electrons. The van der Waals surface area contributed by atoms with Crippen molar-refractivity contribution in [1.82, 2.24) is 4.90 Å². The van der Waals surface area contributed by atoms with E-state index in [2.05, 4.69) is 10.2 Å². The number of nitrogens with zero attached hydrogens (tertiary/aromatic N) is 1. The summed E-state index contributed by atoms with van der Waals surface area (Å²) in [6, 6.07) is 10.4. The zero-order valence-electron chi connectivity index (χ0n) is 13.7. The Hall–Kier alpha value is -2.24. The van der Waals surface area contributed by atoms with Gasteiger partial charge in [0.2, 0.25) is 0 Å². The van der Waals surface area contributed by atoms with E-state index in [1.165, 1.54) is 24.5 Å². The molecule has 3 nitrogen and oxygen atoms in total. The molecule has 2 heterocycles. The quantitative estimate of drug-likeness (QED) is 0.875. The molecule has 0 spiro atoms. The number of para-hydroxylation sites is 1. The molecule has 2 aromatic rings. The van der Waals surface area contributed by atoms with Crippen molar-refractivity contribution in [2.75, 3.05) is 18.4 Å². The molecule has 1 aliphatic carbocycles. The normalized spacial score (nSPS) is 22.6. The molecule has 3 N–H and O–H groups in total. The molecular weight excluding hydrogens is 320 g/mol. The van der Waals surface area contributed by atoms with Crippen LogP contribution in [0.25, 0.3) is 11.1 Å². The summed E-state index contributed by atoms with van der Waals surface area (Å²) in [4.78, 5) is 2.45. The number of fused-ring (bicyclic) bond motifs is 1. The standard InChI is InChI=1S/C20H19F2N3/c21-16-6-2-3-12(18(16)22)13-4-1-5-14-19(23)15-9-25(11-7-8-11)10-17(15)24-20(13)14/h1-6,11,19,24H,7-10,23H2. The number of hydrogen-bond donors (Lipinski definition) is 2. The highest BCUT2D eigenvalue weighted by Gasteiger charge is 2.38. The summed E-state index contributed by atoms with van der Waals surface area (Å²) in [7, 11) is 0. The van der Waals surface area contributed by atoms with E-state index in [4.69, 9.17) is 5.73 Å². The minimum absolute atomic E-state index is 0.202. The Morgan fingerprint density at radius 1 is 1.00 bits per heavy atom. The lowest BCUT2D eigenvalue weighted by molar-refractivity contribution is 0.332. The lowest BCUT2D eigenvalue weighted by Crippen LogP contribution is -2.25. The second kappa shape index (κ2) is 5.38. The number of nitrogens with two attached hydrogens (primary N) is 1. The van der Waals surface area contributed by atoms with E-state index in [-0.39, 0.29) is 11.6 Å². The third-order valence-corrected chi connectivity index (χ3v) is 5.51. The lowest BCUT2D eigenvalue weighted by Gasteiger charge is -2.28. The van der Waals surface area contributed by atoms with Crippen LogP contribution in [0.1, 0.15) is 24.4 Å². The summed E-state index contributed by atoms with van der Waals surface area (Å²) >= 11 is 0. The topological polar surface area (TPSA) is 41.3 Å². The molecule has 2 aromatic carbocycles. The predicted octanol–water partition coefficient (Wildman–Crippen LogP) is 3.79. The number of nitrogens with one attached hydrogen (secondary N) is 1. The van der Waals surface area contributed by atoms with Crippen molar-refractivity contribution in [1.29, 1.82) is 0 Å². The van der Waals surface area contributed by atoms with Crippen molar-refractivity contribution in [2.45, 2.75) is 24.9 Å². The fourth-order valence-corrected chi connectivity index (χ4v) is 4.02. The van der Waals surface area contributed by atoms with Gasteiger partial charge in [0.05, 0.1) is 11.7 Å². The summed E-state index contributed by atoms with van der Waals surface area (Å²) in [5, 5.41) is 3.48. The van der Waals surface area contributed by atoms with Crippen molar-refractivity contribution < 1.29 is 8.78 Å². The van der Waals surface area contributed by atoms with Gasteiger partial charge < -0.3 is 11.1 Å². The van der Waals surface area contributed by atoms with Gasteiger partial charge >= 0.3 is 0 Å². The van der Waals surface area contributed by atoms with Gasteiger partial charge in [0.25, 0.3) is 0 Å². The summed E-state index contributed by atoms with van der Waals surface area (Å²) in [5.41, 5.74) is 11.5. The molecule has 1 atom stereocenters. The molecule has 5 heteroatoms. The molecule has 3 aliphatic rings. The van der Waals surface area contributed by atoms with Crippen LogP contribution in [0, 0.1) is 11.6 Å². The zero-order chi connectivity index (χ0) is 17.1. The molecule has 0 bridgehead atoms. The second-order valence-corrected chi connectivity index (χ2v) is 7.11. The van der Waals surface area contributed by atoms with Gasteiger partial charge in [-0.1, -0.05) is 30.3 Å². The van der Waals surface area contributed by atoms with Crippen molar-refractivity contribution in [3.05, 3.63) is 64.9 Å². The Kier molecular flexibility index (Phi) is 3.24. The first-order valence-electron chi connectivity index (χ1n) is 8.69. The van der Waals surface area contributed by atoms with Crippen molar-refractivity contribution >= 4 is 5.69 Å². The maximum atomic E-state index is 14.3. The molecule has 25 heavy (non-hydrogen) atoms. The number of benzene rings is 2. The minimum atomic E-state index is -0.837. The second-order valence-electron chi connectivity index (χ2n) is 7.11. The van der Waals surface area contributed by atoms with Crippen molar-refractivity contribution in [3.8, 4) is 11.1 Å². The largest absolute Gasteiger partial charge is 0.357 e. The maximum absolute atomic E-state index is 14.3. The first kappa shape index (κ1) is 15.0. The average molecular weight is 339 g/mol. The van der Waals surface area contributed by atoms with E-state index >= 15 is 0 Å². The third kappa shape index (κ3) is 2.30. The van der Waals surface area contributed by atoms with E-state index < -0.39 is 11.6 Å². The van der Waals surface area contributed by atoms with Gasteiger partial charge in [0.15, 0.2) is 11.6 Å². The van der Waals surface area contributed by atoms with Crippen molar-refractivity contribution in [2.24, 2.45) is 5.73 Å². The molecule has 128 valence electrons. The molecule has 0 aromatic heterocycles. The van der Waals surface area contributed by atoms with Crippen LogP contribution in [0.3, 0.4) is 0 Å². The van der Waals surface area contributed by atoms with Crippen LogP contribution in [0.4, 0.5) is 14.5 Å². The van der Waals surface area contributed by atoms with E-state index in [1.54, 1.807) is 6.07 Å². The Labute approximate surface area is 145 Å². The fraction of sp³-hybridized carbons (Fsp3) is 0.300. The first-order chi connectivity index (χ1) is 12.1. The molecule has 1 unspecified atom stereocenters. The highest BCUT2D eigenvalue weighted by Crippen LogP contribution is 2.44. The highest BCUT2D eigenvalue weighted by atomic mass is 19.2. The van der Waals surface area contributed by atoms with Crippen LogP contribution >= 0.6 is 0 Å². The van der Waals surface area contributed by atoms with E-state index in [1.807, 2.05) is 18.2 Å². The van der Waals surface area contributed by atoms with Gasteiger partial charge in [-0.3, -0.25) is 4.90 Å². The first-order valence-corrected chi connectivity index (χ1v) is 8.69. The Balaban J connectivity index is 1.59. The van der Waals surface area contributed by atoms with Crippen molar-refractivity contribution in [3.63, 3.8) is 0 Å². The van der Waals surface area contributed by atoms with Gasteiger partial charge in [-0.2, -0.15) is 0 Å². The Morgan fingerprint density at radius 2 is 1.76 bits per heavy atom. The highest BCUT2D eigenvalue weighted by molar-refractivity contribution is 5.84. The van der Waals surface area contributed by atoms with E-state index in [0.29, 0.717) is 11.6 Å². The fourth-order valence-electron chi connectivity index (χ4n) is 4.02. The van der Waals surface area contributed by atoms with Crippen LogP contribution < -0.4 is 11.1 Å². The zero-order valence-corrected chi connectivity index (χ0v) is 13.7. The van der Waals surface area contributed by atoms with Gasteiger partial charge in [0.1, 0.15) is 0 Å². The number of hydrogen-bond acceptors (Lipinski definition) is 3. The SMILES string of the molecule is NC1C2=C(CN(C3CC3)C2)Nc2c(-c3cccc(F)c3F)cccc21. The van der Waals surface area contributed by atoms with Gasteiger partial charge in [-0.05, 0) is 30.0 Å². The van der Waals surface area contributed by atoms with E-state index in [9.17, 15) is 8.78 Å². The summed E-state index contributed by atoms with van der Waals surface area (Å²) in [5.74, 6) is -1.66. The van der Waals surface area contributed by atoms with Crippen LogP contribution in [0.2, 0.25) is 0 Å².